The molecule has 1 aromatic rings. The highest BCUT2D eigenvalue weighted by Crippen LogP contribution is 2.33. The lowest BCUT2D eigenvalue weighted by Gasteiger charge is -2.28. The predicted molar refractivity (Wildman–Crippen MR) is 127 cm³/mol. The van der Waals surface area contributed by atoms with Crippen LogP contribution in [0.3, 0.4) is 0 Å². The first-order valence-electron chi connectivity index (χ1n) is 8.83. The first-order valence-corrected chi connectivity index (χ1v) is 11.5. The highest BCUT2D eigenvalue weighted by atomic mass is 35.6. The number of amides is 2. The lowest BCUT2D eigenvalue weighted by Crippen LogP contribution is -2.51. The summed E-state index contributed by atoms with van der Waals surface area (Å²) in [7, 11) is 0. The molecule has 0 bridgehead atoms. The molecule has 1 rings (SSSR count). The minimum Gasteiger partial charge on any atom is -0.449 e. The SMILES string of the molecule is CC(C)(C)C(=O)NC(Sc1nccc(O[C@@H](NC(=O)C(C)(C)C)C(Cl)(Cl)Cl)n1)=C(Cl)Cl. The number of hydrogen-bond acceptors (Lipinski definition) is 6. The Morgan fingerprint density at radius 3 is 2.03 bits per heavy atom. The van der Waals surface area contributed by atoms with E-state index in [0.29, 0.717) is 0 Å². The van der Waals surface area contributed by atoms with Crippen LogP contribution < -0.4 is 15.4 Å². The summed E-state index contributed by atoms with van der Waals surface area (Å²) < 4.78 is 3.45. The largest absolute Gasteiger partial charge is 0.449 e. The number of ether oxygens (including phenoxy) is 1. The molecular formula is C18H23Cl5N4O3S. The molecule has 0 fully saturated rings. The summed E-state index contributed by atoms with van der Waals surface area (Å²) in [4.78, 5) is 32.8. The molecule has 2 amide bonds. The molecule has 0 aromatic carbocycles. The van der Waals surface area contributed by atoms with Crippen molar-refractivity contribution in [2.24, 2.45) is 10.8 Å². The van der Waals surface area contributed by atoms with Gasteiger partial charge < -0.3 is 15.4 Å². The zero-order valence-electron chi connectivity index (χ0n) is 17.6. The fraction of sp³-hybridized carbons (Fsp3) is 0.556. The second kappa shape index (κ2) is 11.0. The molecule has 7 nitrogen and oxygen atoms in total. The molecule has 1 aromatic heterocycles. The lowest BCUT2D eigenvalue weighted by atomic mass is 9.96. The summed E-state index contributed by atoms with van der Waals surface area (Å²) >= 11 is 30.6. The van der Waals surface area contributed by atoms with E-state index < -0.39 is 26.8 Å². The fourth-order valence-electron chi connectivity index (χ4n) is 1.57. The second-order valence-corrected chi connectivity index (χ2v) is 12.6. The van der Waals surface area contributed by atoms with Crippen LogP contribution in [0, 0.1) is 10.8 Å². The van der Waals surface area contributed by atoms with E-state index in [4.69, 9.17) is 62.7 Å². The van der Waals surface area contributed by atoms with Gasteiger partial charge in [0.25, 0.3) is 0 Å². The topological polar surface area (TPSA) is 93.2 Å². The highest BCUT2D eigenvalue weighted by Gasteiger charge is 2.38. The molecule has 0 radical (unpaired) electrons. The Morgan fingerprint density at radius 2 is 1.58 bits per heavy atom. The van der Waals surface area contributed by atoms with E-state index in [-0.39, 0.29) is 26.5 Å². The number of halogens is 5. The number of alkyl halides is 3. The van der Waals surface area contributed by atoms with Gasteiger partial charge in [-0.05, 0) is 11.8 Å². The van der Waals surface area contributed by atoms with Gasteiger partial charge in [0.15, 0.2) is 5.16 Å². The van der Waals surface area contributed by atoms with Crippen LogP contribution in [0.2, 0.25) is 0 Å². The Labute approximate surface area is 210 Å². The number of thioether (sulfide) groups is 1. The van der Waals surface area contributed by atoms with Gasteiger partial charge in [0, 0.05) is 23.1 Å². The maximum absolute atomic E-state index is 12.3. The number of nitrogens with one attached hydrogen (secondary N) is 2. The van der Waals surface area contributed by atoms with Crippen molar-refractivity contribution in [3.8, 4) is 5.88 Å². The van der Waals surface area contributed by atoms with E-state index in [2.05, 4.69) is 20.6 Å². The van der Waals surface area contributed by atoms with Crippen LogP contribution in [0.1, 0.15) is 41.5 Å². The molecular weight excluding hydrogens is 530 g/mol. The number of aromatic nitrogens is 2. The van der Waals surface area contributed by atoms with Crippen LogP contribution in [0.25, 0.3) is 0 Å². The number of nitrogens with zero attached hydrogens (tertiary/aromatic N) is 2. The van der Waals surface area contributed by atoms with Crippen LogP contribution in [-0.2, 0) is 9.59 Å². The normalized spacial score (nSPS) is 13.3. The van der Waals surface area contributed by atoms with Gasteiger partial charge in [-0.15, -0.1) is 0 Å². The van der Waals surface area contributed by atoms with Crippen molar-refractivity contribution in [2.75, 3.05) is 0 Å². The lowest BCUT2D eigenvalue weighted by molar-refractivity contribution is -0.131. The van der Waals surface area contributed by atoms with E-state index in [1.807, 2.05) is 0 Å². The third-order valence-corrected chi connectivity index (χ3v) is 5.45. The van der Waals surface area contributed by atoms with Gasteiger partial charge in [-0.3, -0.25) is 9.59 Å². The highest BCUT2D eigenvalue weighted by molar-refractivity contribution is 8.03. The van der Waals surface area contributed by atoms with Crippen LogP contribution in [0.5, 0.6) is 5.88 Å². The Morgan fingerprint density at radius 1 is 1.03 bits per heavy atom. The predicted octanol–water partition coefficient (Wildman–Crippen LogP) is 5.57. The molecule has 0 saturated heterocycles. The average Bonchev–Trinajstić information content (AvgIpc) is 2.58. The van der Waals surface area contributed by atoms with Gasteiger partial charge >= 0.3 is 0 Å². The van der Waals surface area contributed by atoms with Gasteiger partial charge in [0.1, 0.15) is 9.52 Å². The number of carbonyl (C=O) groups is 2. The van der Waals surface area contributed by atoms with Crippen LogP contribution in [-0.4, -0.2) is 31.8 Å². The smallest absolute Gasteiger partial charge is 0.246 e. The molecule has 1 atom stereocenters. The minimum atomic E-state index is -1.98. The Balaban J connectivity index is 3.06. The molecule has 2 N–H and O–H groups in total. The summed E-state index contributed by atoms with van der Waals surface area (Å²) in [5, 5.41) is 5.45. The summed E-state index contributed by atoms with van der Waals surface area (Å²) in [5.74, 6) is -0.686. The van der Waals surface area contributed by atoms with Crippen LogP contribution in [0.15, 0.2) is 26.9 Å². The Kier molecular flexibility index (Phi) is 10.1. The van der Waals surface area contributed by atoms with Crippen LogP contribution >= 0.6 is 69.8 Å². The van der Waals surface area contributed by atoms with E-state index in [1.54, 1.807) is 41.5 Å². The summed E-state index contributed by atoms with van der Waals surface area (Å²) in [6.45, 7) is 10.3. The first kappa shape index (κ1) is 28.4. The third-order valence-electron chi connectivity index (χ3n) is 3.36. The quantitative estimate of drug-likeness (QED) is 0.207. The minimum absolute atomic E-state index is 0.00947. The number of rotatable bonds is 6. The Bertz CT molecular complexity index is 844. The van der Waals surface area contributed by atoms with Gasteiger partial charge in [-0.1, -0.05) is 99.5 Å². The molecule has 0 saturated carbocycles. The van der Waals surface area contributed by atoms with E-state index in [1.165, 1.54) is 12.3 Å². The maximum atomic E-state index is 12.3. The molecule has 0 aliphatic carbocycles. The molecule has 13 heteroatoms. The van der Waals surface area contributed by atoms with Gasteiger partial charge in [0.05, 0.1) is 0 Å². The summed E-state index contributed by atoms with van der Waals surface area (Å²) in [6, 6.07) is 1.41. The van der Waals surface area contributed by atoms with Crippen molar-refractivity contribution in [2.45, 2.75) is 56.7 Å². The van der Waals surface area contributed by atoms with Gasteiger partial charge in [-0.2, -0.15) is 4.98 Å². The first-order chi connectivity index (χ1) is 13.9. The van der Waals surface area contributed by atoms with Crippen molar-refractivity contribution in [1.29, 1.82) is 0 Å². The van der Waals surface area contributed by atoms with Crippen molar-refractivity contribution < 1.29 is 14.3 Å². The zero-order valence-corrected chi connectivity index (χ0v) is 22.2. The third kappa shape index (κ3) is 9.80. The van der Waals surface area contributed by atoms with Crippen molar-refractivity contribution >= 4 is 81.6 Å². The number of hydrogen-bond donors (Lipinski definition) is 2. The molecule has 0 aliphatic rings. The monoisotopic (exact) mass is 550 g/mol. The second-order valence-electron chi connectivity index (χ2n) is 8.34. The van der Waals surface area contributed by atoms with Gasteiger partial charge in [-0.25, -0.2) is 4.98 Å². The van der Waals surface area contributed by atoms with E-state index in [9.17, 15) is 9.59 Å². The molecule has 0 spiro atoms. The summed E-state index contributed by atoms with van der Waals surface area (Å²) in [6.07, 6.45) is 0.0565. The molecule has 174 valence electrons. The zero-order chi connectivity index (χ0) is 24.2. The standard InChI is InChI=1S/C18H23Cl5N4O3S/c1-16(2,3)12(28)26-11(10(19)20)31-15-24-8-7-9(25-15)30-14(18(21,22)23)27-13(29)17(4,5)6/h7-8,14H,1-6H3,(H,26,28)(H,27,29)/t14-/m1/s1. The van der Waals surface area contributed by atoms with E-state index >= 15 is 0 Å². The number of carbonyl (C=O) groups excluding carboxylic acids is 2. The Hall–Kier alpha value is -0.640. The van der Waals surface area contributed by atoms with Crippen molar-refractivity contribution in [3.05, 3.63) is 21.8 Å². The van der Waals surface area contributed by atoms with Crippen molar-refractivity contribution in [1.82, 2.24) is 20.6 Å². The van der Waals surface area contributed by atoms with Crippen LogP contribution in [0.4, 0.5) is 0 Å². The van der Waals surface area contributed by atoms with Crippen molar-refractivity contribution in [3.63, 3.8) is 0 Å². The maximum Gasteiger partial charge on any atom is 0.246 e. The van der Waals surface area contributed by atoms with Gasteiger partial charge in [0.2, 0.25) is 27.7 Å². The molecule has 31 heavy (non-hydrogen) atoms. The molecule has 0 unspecified atom stereocenters. The average molecular weight is 553 g/mol. The summed E-state index contributed by atoms with van der Waals surface area (Å²) in [5.41, 5.74) is -1.42. The molecule has 1 heterocycles. The van der Waals surface area contributed by atoms with E-state index in [0.717, 1.165) is 11.8 Å². The fourth-order valence-corrected chi connectivity index (χ4v) is 2.84. The molecule has 0 aliphatic heterocycles.